The van der Waals surface area contributed by atoms with Crippen molar-refractivity contribution in [2.45, 2.75) is 191 Å². The zero-order valence-corrected chi connectivity index (χ0v) is 52.2. The fourth-order valence-electron chi connectivity index (χ4n) is 11.9. The number of ether oxygens (including phenoxy) is 5. The van der Waals surface area contributed by atoms with Gasteiger partial charge < -0.3 is 55.2 Å². The third-order valence-electron chi connectivity index (χ3n) is 17.1. The van der Waals surface area contributed by atoms with Crippen LogP contribution in [0.15, 0.2) is 86.7 Å². The van der Waals surface area contributed by atoms with Gasteiger partial charge in [-0.3, -0.25) is 19.2 Å². The second-order valence-electron chi connectivity index (χ2n) is 23.9. The number of cyclic esters (lactones) is 1. The number of benzene rings is 1. The number of rotatable bonds is 11. The van der Waals surface area contributed by atoms with Crippen molar-refractivity contribution in [1.29, 1.82) is 0 Å². The number of allylic oxidation sites excluding steroid dienone is 6. The van der Waals surface area contributed by atoms with Gasteiger partial charge in [-0.05, 0) is 125 Å². The Bertz CT molecular complexity index is 2720. The third-order valence-corrected chi connectivity index (χ3v) is 18.6. The van der Waals surface area contributed by atoms with Gasteiger partial charge in [-0.25, -0.2) is 22.9 Å². The van der Waals surface area contributed by atoms with Crippen LogP contribution in [0.2, 0.25) is 0 Å². The summed E-state index contributed by atoms with van der Waals surface area (Å²) in [6.07, 6.45) is 9.79. The number of sulfonamides is 1. The standard InChI is InChI=1S/C62H95N7O14S/c1-37-18-14-13-15-19-38(2)48(67-84(77,78)47-26-22-44(23-27-47)36-65-61(68(8)9)66-60(63)64)34-46-25-21-43(7)62(81-12,83-46)57(74)58(75)69-29-17-16-20-49(69)59(76)82-52(40(4)32-45-24-28-50(70)53(33-45)79-10)35-51(71)39(3)31-42(6)55(73)56(80-11)54(72)41(5)30-37/h13-15,18-19,22-23,26-27,31,37,39-41,43,45-46,48-50,52-53,55-56,67,70,73H,16-17,20-21,24-25,28-30,32-36H2,1-12H3,(H4,63,64,65,66)/b15-13+,18-14+,38-19-,42-31+/t37-,39-,40?,41-,43-,45-,46+,48?,49?,50-,52+,53-,55-,56+,62-/m1/s1. The zero-order chi connectivity index (χ0) is 62.2. The van der Waals surface area contributed by atoms with E-state index in [1.165, 1.54) is 31.3 Å². The maximum atomic E-state index is 15.0. The Kier molecular flexibility index (Phi) is 26.2. The third kappa shape index (κ3) is 18.5. The molecule has 15 atom stereocenters. The quantitative estimate of drug-likeness (QED) is 0.0570. The van der Waals surface area contributed by atoms with Crippen molar-refractivity contribution < 1.29 is 66.3 Å². The number of nitrogens with zero attached hydrogens (tertiary/aromatic N) is 4. The summed E-state index contributed by atoms with van der Waals surface area (Å²) in [5, 5.41) is 22.2. The first kappa shape index (κ1) is 69.3. The number of methoxy groups -OCH3 is 3. The van der Waals surface area contributed by atoms with Gasteiger partial charge in [0.05, 0.1) is 29.8 Å². The number of aliphatic hydroxyl groups is 2. The van der Waals surface area contributed by atoms with Crippen LogP contribution in [-0.2, 0) is 64.2 Å². The van der Waals surface area contributed by atoms with Gasteiger partial charge in [-0.2, -0.15) is 4.99 Å². The molecule has 468 valence electrons. The molecule has 3 unspecified atom stereocenters. The summed E-state index contributed by atoms with van der Waals surface area (Å²) in [4.78, 5) is 84.1. The van der Waals surface area contributed by atoms with E-state index in [-0.39, 0.29) is 84.6 Å². The highest BCUT2D eigenvalue weighted by Gasteiger charge is 2.55. The Hall–Kier alpha value is -5.46. The monoisotopic (exact) mass is 1190 g/mol. The van der Waals surface area contributed by atoms with E-state index in [0.717, 1.165) is 0 Å². The first-order valence-electron chi connectivity index (χ1n) is 29.6. The van der Waals surface area contributed by atoms with Gasteiger partial charge in [0.1, 0.15) is 30.1 Å². The summed E-state index contributed by atoms with van der Waals surface area (Å²) in [6, 6.07) is 4.11. The molecule has 3 aliphatic heterocycles. The molecule has 0 radical (unpaired) electrons. The molecular weight excluding hydrogens is 1100 g/mol. The molecule has 1 aliphatic carbocycles. The second-order valence-corrected chi connectivity index (χ2v) is 25.6. The molecule has 3 heterocycles. The molecule has 7 N–H and O–H groups in total. The van der Waals surface area contributed by atoms with Crippen LogP contribution in [0.1, 0.15) is 131 Å². The summed E-state index contributed by atoms with van der Waals surface area (Å²) < 4.78 is 61.8. The molecule has 0 aromatic heterocycles. The predicted molar refractivity (Wildman–Crippen MR) is 320 cm³/mol. The van der Waals surface area contributed by atoms with Crippen LogP contribution in [0.5, 0.6) is 0 Å². The molecule has 0 spiro atoms. The lowest BCUT2D eigenvalue weighted by Gasteiger charge is -2.45. The number of Topliss-reactive ketones (excluding diaryl/α,β-unsaturated/α-hetero) is 3. The van der Waals surface area contributed by atoms with Crippen molar-refractivity contribution in [3.8, 4) is 0 Å². The lowest BCUT2D eigenvalue weighted by Crippen LogP contribution is -2.61. The molecule has 2 saturated heterocycles. The first-order valence-corrected chi connectivity index (χ1v) is 31.0. The summed E-state index contributed by atoms with van der Waals surface area (Å²) in [7, 11) is 3.44. The number of aliphatic hydroxyl groups excluding tert-OH is 2. The molecule has 84 heavy (non-hydrogen) atoms. The average molecular weight is 1190 g/mol. The summed E-state index contributed by atoms with van der Waals surface area (Å²) in [5.74, 6) is -7.75. The van der Waals surface area contributed by atoms with Gasteiger partial charge in [-0.1, -0.05) is 88.8 Å². The van der Waals surface area contributed by atoms with E-state index < -0.39 is 93.8 Å². The van der Waals surface area contributed by atoms with Gasteiger partial charge in [0.25, 0.3) is 11.7 Å². The van der Waals surface area contributed by atoms with Crippen LogP contribution >= 0.6 is 0 Å². The Balaban J connectivity index is 1.53. The number of carbonyl (C=O) groups is 5. The number of piperidine rings is 1. The molecular formula is C62H95N7O14S. The lowest BCUT2D eigenvalue weighted by atomic mass is 9.78. The van der Waals surface area contributed by atoms with Crippen LogP contribution in [0.4, 0.5) is 0 Å². The van der Waals surface area contributed by atoms with Crippen molar-refractivity contribution >= 4 is 51.2 Å². The maximum Gasteiger partial charge on any atom is 0.329 e. The Labute approximate surface area is 497 Å². The number of carbonyl (C=O) groups excluding carboxylic acids is 5. The van der Waals surface area contributed by atoms with Crippen LogP contribution in [0, 0.1) is 35.5 Å². The predicted octanol–water partition coefficient (Wildman–Crippen LogP) is 5.86. The summed E-state index contributed by atoms with van der Waals surface area (Å²) in [6.45, 7) is 12.7. The van der Waals surface area contributed by atoms with Crippen molar-refractivity contribution in [2.24, 2.45) is 57.0 Å². The number of ketones is 3. The maximum absolute atomic E-state index is 15.0. The van der Waals surface area contributed by atoms with Crippen molar-refractivity contribution in [3.63, 3.8) is 0 Å². The van der Waals surface area contributed by atoms with E-state index in [2.05, 4.69) is 14.7 Å². The van der Waals surface area contributed by atoms with Gasteiger partial charge in [0.2, 0.25) is 21.8 Å². The number of amides is 1. The molecule has 1 amide bonds. The minimum Gasteiger partial charge on any atom is -0.460 e. The van der Waals surface area contributed by atoms with Gasteiger partial charge in [0.15, 0.2) is 11.7 Å². The number of guanidine groups is 2. The highest BCUT2D eigenvalue weighted by atomic mass is 32.2. The Morgan fingerprint density at radius 2 is 1.60 bits per heavy atom. The minimum absolute atomic E-state index is 0.0216. The van der Waals surface area contributed by atoms with E-state index in [4.69, 9.17) is 35.2 Å². The lowest BCUT2D eigenvalue weighted by molar-refractivity contribution is -0.275. The highest BCUT2D eigenvalue weighted by Crippen LogP contribution is 2.40. The van der Waals surface area contributed by atoms with Crippen LogP contribution < -0.4 is 16.2 Å². The van der Waals surface area contributed by atoms with E-state index in [9.17, 15) is 42.6 Å². The van der Waals surface area contributed by atoms with Gasteiger partial charge in [0, 0.05) is 72.2 Å². The normalized spacial score (nSPS) is 34.2. The zero-order valence-electron chi connectivity index (χ0n) is 51.4. The second kappa shape index (κ2) is 31.8. The van der Waals surface area contributed by atoms with Crippen LogP contribution in [0.25, 0.3) is 0 Å². The number of fused-ring (bicyclic) bond motifs is 3. The molecule has 2 bridgehead atoms. The van der Waals surface area contributed by atoms with Crippen LogP contribution in [0.3, 0.4) is 0 Å². The van der Waals surface area contributed by atoms with E-state index >= 15 is 0 Å². The molecule has 5 rings (SSSR count). The number of hydrogen-bond acceptors (Lipinski definition) is 15. The molecule has 1 aromatic carbocycles. The Morgan fingerprint density at radius 1 is 0.893 bits per heavy atom. The smallest absolute Gasteiger partial charge is 0.329 e. The molecule has 3 fully saturated rings. The average Bonchev–Trinajstić information content (AvgIpc) is 2.04. The number of nitrogens with two attached hydrogens (primary N) is 2. The molecule has 1 saturated carbocycles. The fourth-order valence-corrected chi connectivity index (χ4v) is 13.2. The van der Waals surface area contributed by atoms with E-state index in [0.29, 0.717) is 74.5 Å². The number of nitrogens with one attached hydrogen (secondary N) is 1. The molecule has 4 aliphatic rings. The van der Waals surface area contributed by atoms with Crippen molar-refractivity contribution in [3.05, 3.63) is 77.4 Å². The topological polar surface area (TPSA) is 301 Å². The summed E-state index contributed by atoms with van der Waals surface area (Å²) >= 11 is 0. The largest absolute Gasteiger partial charge is 0.460 e. The number of aliphatic imine (C=N–C) groups is 2. The van der Waals surface area contributed by atoms with Gasteiger partial charge >= 0.3 is 5.97 Å². The number of hydrogen-bond donors (Lipinski definition) is 5. The summed E-state index contributed by atoms with van der Waals surface area (Å²) in [5.41, 5.74) is 12.8. The van der Waals surface area contributed by atoms with E-state index in [1.54, 1.807) is 97.2 Å². The molecule has 1 aromatic rings. The SMILES string of the molecule is CO[C@@H]1C[C@@H](CC(C)[C@@H]2CC(=O)[C@H](C)/C=C(\C)[C@@H](O)[C@@H](OC)C(=O)[C@H](C)C[C@H](C)/C=C/C=C/C=C(/C)C(NS(=O)(=O)c3ccc(CN=C(N=C(N)N)N(C)C)cc3)C[C@@H]3CC[C@@H](C)[C@@](OC)(O3)C(=O)C(=O)N3CCCCC3C(=O)O2)CC[C@H]1O. The number of esters is 1. The van der Waals surface area contributed by atoms with Crippen molar-refractivity contribution in [2.75, 3.05) is 42.0 Å². The van der Waals surface area contributed by atoms with Gasteiger partial charge in [-0.15, -0.1) is 0 Å². The molecule has 22 heteroatoms. The van der Waals surface area contributed by atoms with E-state index in [1.807, 2.05) is 26.0 Å². The minimum atomic E-state index is -4.23. The van der Waals surface area contributed by atoms with Crippen LogP contribution in [-0.4, -0.2) is 166 Å². The molecule has 21 nitrogen and oxygen atoms in total. The Morgan fingerprint density at radius 3 is 2.24 bits per heavy atom. The van der Waals surface area contributed by atoms with Crippen molar-refractivity contribution in [1.82, 2.24) is 14.5 Å². The fraction of sp³-hybridized carbons (Fsp3) is 0.661. The first-order chi connectivity index (χ1) is 39.7. The highest BCUT2D eigenvalue weighted by molar-refractivity contribution is 7.89.